The van der Waals surface area contributed by atoms with Crippen LogP contribution in [0.3, 0.4) is 0 Å². The minimum absolute atomic E-state index is 0.543. The average Bonchev–Trinajstić information content (AvgIpc) is 2.52. The largest absolute Gasteiger partial charge is 0.398 e. The van der Waals surface area contributed by atoms with Gasteiger partial charge in [0.1, 0.15) is 0 Å². The van der Waals surface area contributed by atoms with E-state index in [1.807, 2.05) is 11.4 Å². The summed E-state index contributed by atoms with van der Waals surface area (Å²) in [5, 5.41) is 1.96. The summed E-state index contributed by atoms with van der Waals surface area (Å²) in [5.74, 6) is 0. The normalized spacial score (nSPS) is 10.5. The zero-order valence-electron chi connectivity index (χ0n) is 7.58. The zero-order chi connectivity index (χ0) is 9.52. The van der Waals surface area contributed by atoms with E-state index in [2.05, 4.69) is 5.48 Å². The number of methoxy groups -OCH3 is 1. The first-order chi connectivity index (χ1) is 6.34. The molecule has 0 aliphatic heterocycles. The Morgan fingerprint density at radius 1 is 1.54 bits per heavy atom. The number of hydrogen-bond acceptors (Lipinski definition) is 5. The van der Waals surface area contributed by atoms with E-state index in [1.54, 1.807) is 18.4 Å². The third-order valence-electron chi connectivity index (χ3n) is 1.50. The molecule has 1 rings (SSSR count). The maximum Gasteiger partial charge on any atom is 0.0916 e. The smallest absolute Gasteiger partial charge is 0.0916 e. The third-order valence-corrected chi connectivity index (χ3v) is 2.44. The van der Waals surface area contributed by atoms with Crippen molar-refractivity contribution >= 4 is 17.0 Å². The molecule has 0 amide bonds. The van der Waals surface area contributed by atoms with Gasteiger partial charge in [-0.1, -0.05) is 0 Å². The Hall–Kier alpha value is -0.620. The SMILES string of the molecule is COCCONCc1sccc1N. The summed E-state index contributed by atoms with van der Waals surface area (Å²) >= 11 is 1.61. The van der Waals surface area contributed by atoms with Crippen molar-refractivity contribution in [3.05, 3.63) is 16.3 Å². The fourth-order valence-electron chi connectivity index (χ4n) is 0.808. The highest BCUT2D eigenvalue weighted by atomic mass is 32.1. The van der Waals surface area contributed by atoms with Crippen LogP contribution < -0.4 is 11.2 Å². The van der Waals surface area contributed by atoms with Gasteiger partial charge >= 0.3 is 0 Å². The second-order valence-electron chi connectivity index (χ2n) is 2.46. The number of anilines is 1. The summed E-state index contributed by atoms with van der Waals surface area (Å²) in [7, 11) is 1.64. The lowest BCUT2D eigenvalue weighted by atomic mass is 10.4. The van der Waals surface area contributed by atoms with Gasteiger partial charge in [-0.15, -0.1) is 11.3 Å². The van der Waals surface area contributed by atoms with Crippen molar-refractivity contribution in [2.75, 3.05) is 26.1 Å². The Labute approximate surface area is 81.6 Å². The molecule has 1 aromatic heterocycles. The average molecular weight is 202 g/mol. The number of nitrogen functional groups attached to an aromatic ring is 1. The minimum Gasteiger partial charge on any atom is -0.398 e. The topological polar surface area (TPSA) is 56.5 Å². The number of ether oxygens (including phenoxy) is 1. The van der Waals surface area contributed by atoms with Crippen LogP contribution in [0.1, 0.15) is 4.88 Å². The predicted octanol–water partition coefficient (Wildman–Crippen LogP) is 0.998. The van der Waals surface area contributed by atoms with Crippen molar-refractivity contribution in [3.8, 4) is 0 Å². The summed E-state index contributed by atoms with van der Waals surface area (Å²) in [6.45, 7) is 1.78. The van der Waals surface area contributed by atoms with E-state index in [-0.39, 0.29) is 0 Å². The molecule has 0 bridgehead atoms. The zero-order valence-corrected chi connectivity index (χ0v) is 8.39. The van der Waals surface area contributed by atoms with Crippen molar-refractivity contribution in [3.63, 3.8) is 0 Å². The van der Waals surface area contributed by atoms with Crippen LogP contribution in [0, 0.1) is 0 Å². The van der Waals surface area contributed by atoms with Gasteiger partial charge < -0.3 is 10.5 Å². The molecular weight excluding hydrogens is 188 g/mol. The third kappa shape index (κ3) is 3.73. The van der Waals surface area contributed by atoms with Crippen LogP contribution in [0.15, 0.2) is 11.4 Å². The van der Waals surface area contributed by atoms with Crippen LogP contribution in [0.25, 0.3) is 0 Å². The Balaban J connectivity index is 2.10. The maximum atomic E-state index is 5.67. The molecule has 0 atom stereocenters. The first-order valence-electron chi connectivity index (χ1n) is 4.00. The fraction of sp³-hybridized carbons (Fsp3) is 0.500. The number of nitrogens with two attached hydrogens (primary N) is 1. The van der Waals surface area contributed by atoms with E-state index in [0.717, 1.165) is 10.6 Å². The molecule has 0 aromatic carbocycles. The van der Waals surface area contributed by atoms with E-state index < -0.39 is 0 Å². The highest BCUT2D eigenvalue weighted by Crippen LogP contribution is 2.17. The van der Waals surface area contributed by atoms with Crippen LogP contribution in [-0.2, 0) is 16.1 Å². The first kappa shape index (κ1) is 10.5. The van der Waals surface area contributed by atoms with Gasteiger partial charge in [0.05, 0.1) is 19.8 Å². The number of hydroxylamine groups is 1. The van der Waals surface area contributed by atoms with Gasteiger partial charge in [-0.05, 0) is 11.4 Å². The summed E-state index contributed by atoms with van der Waals surface area (Å²) in [6.07, 6.45) is 0. The van der Waals surface area contributed by atoms with E-state index in [0.29, 0.717) is 19.8 Å². The molecule has 5 heteroatoms. The lowest BCUT2D eigenvalue weighted by Gasteiger charge is -2.04. The van der Waals surface area contributed by atoms with Crippen molar-refractivity contribution in [2.24, 2.45) is 0 Å². The number of rotatable bonds is 6. The monoisotopic (exact) mass is 202 g/mol. The molecule has 0 spiro atoms. The maximum absolute atomic E-state index is 5.67. The fourth-order valence-corrected chi connectivity index (χ4v) is 1.53. The molecule has 0 fully saturated rings. The van der Waals surface area contributed by atoms with Gasteiger partial charge in [-0.25, -0.2) is 0 Å². The first-order valence-corrected chi connectivity index (χ1v) is 4.88. The molecule has 1 aromatic rings. The van der Waals surface area contributed by atoms with Gasteiger partial charge in [0.15, 0.2) is 0 Å². The molecule has 0 unspecified atom stereocenters. The van der Waals surface area contributed by atoms with Crippen LogP contribution in [0.4, 0.5) is 5.69 Å². The molecule has 1 heterocycles. The standard InChI is InChI=1S/C8H14N2O2S/c1-11-3-4-12-10-6-8-7(9)2-5-13-8/h2,5,10H,3-4,6,9H2,1H3. The van der Waals surface area contributed by atoms with Gasteiger partial charge in [-0.3, -0.25) is 4.84 Å². The summed E-state index contributed by atoms with van der Waals surface area (Å²) in [4.78, 5) is 6.17. The molecule has 0 aliphatic carbocycles. The number of thiophene rings is 1. The summed E-state index contributed by atoms with van der Waals surface area (Å²) < 4.78 is 4.82. The van der Waals surface area contributed by atoms with Gasteiger partial charge in [0, 0.05) is 17.7 Å². The Bertz CT molecular complexity index is 240. The van der Waals surface area contributed by atoms with E-state index in [9.17, 15) is 0 Å². The molecule has 0 saturated heterocycles. The molecule has 0 radical (unpaired) electrons. The molecular formula is C8H14N2O2S. The quantitative estimate of drug-likeness (QED) is 0.533. The molecule has 74 valence electrons. The molecule has 0 aliphatic rings. The van der Waals surface area contributed by atoms with Gasteiger partial charge in [0.2, 0.25) is 0 Å². The van der Waals surface area contributed by atoms with Crippen LogP contribution in [-0.4, -0.2) is 20.3 Å². The van der Waals surface area contributed by atoms with Crippen molar-refractivity contribution < 1.29 is 9.57 Å². The lowest BCUT2D eigenvalue weighted by Crippen LogP contribution is -2.17. The molecule has 0 saturated carbocycles. The second kappa shape index (κ2) is 5.93. The molecule has 3 N–H and O–H groups in total. The highest BCUT2D eigenvalue weighted by molar-refractivity contribution is 7.10. The highest BCUT2D eigenvalue weighted by Gasteiger charge is 1.98. The van der Waals surface area contributed by atoms with Gasteiger partial charge in [-0.2, -0.15) is 5.48 Å². The van der Waals surface area contributed by atoms with Crippen molar-refractivity contribution in [1.29, 1.82) is 0 Å². The molecule has 4 nitrogen and oxygen atoms in total. The number of nitrogens with one attached hydrogen (secondary N) is 1. The van der Waals surface area contributed by atoms with Crippen molar-refractivity contribution in [2.45, 2.75) is 6.54 Å². The van der Waals surface area contributed by atoms with E-state index >= 15 is 0 Å². The minimum atomic E-state index is 0.543. The van der Waals surface area contributed by atoms with Gasteiger partial charge in [0.25, 0.3) is 0 Å². The van der Waals surface area contributed by atoms with E-state index in [4.69, 9.17) is 15.3 Å². The summed E-state index contributed by atoms with van der Waals surface area (Å²) in [5.41, 5.74) is 9.30. The van der Waals surface area contributed by atoms with Crippen LogP contribution >= 0.6 is 11.3 Å². The Kier molecular flexibility index (Phi) is 4.77. The van der Waals surface area contributed by atoms with Crippen molar-refractivity contribution in [1.82, 2.24) is 5.48 Å². The number of hydrogen-bond donors (Lipinski definition) is 2. The second-order valence-corrected chi connectivity index (χ2v) is 3.46. The Morgan fingerprint density at radius 2 is 2.38 bits per heavy atom. The van der Waals surface area contributed by atoms with Crippen LogP contribution in [0.2, 0.25) is 0 Å². The molecule has 13 heavy (non-hydrogen) atoms. The van der Waals surface area contributed by atoms with Crippen LogP contribution in [0.5, 0.6) is 0 Å². The van der Waals surface area contributed by atoms with E-state index in [1.165, 1.54) is 0 Å². The predicted molar refractivity (Wildman–Crippen MR) is 53.4 cm³/mol. The lowest BCUT2D eigenvalue weighted by molar-refractivity contribution is 0.00394. The summed E-state index contributed by atoms with van der Waals surface area (Å²) in [6, 6.07) is 1.89. The Morgan fingerprint density at radius 3 is 3.00 bits per heavy atom.